The quantitative estimate of drug-likeness (QED) is 0.407. The number of benzene rings is 1. The fourth-order valence-corrected chi connectivity index (χ4v) is 2.27. The molecule has 2 nitrogen and oxygen atoms in total. The average molecular weight is 369 g/mol. The van der Waals surface area contributed by atoms with Crippen molar-refractivity contribution in [2.75, 3.05) is 17.6 Å². The minimum Gasteiger partial charge on any atom is -0.376 e. The lowest BCUT2D eigenvalue weighted by Crippen LogP contribution is -2.13. The molecule has 0 N–H and O–H groups in total. The predicted molar refractivity (Wildman–Crippen MR) is 80.1 cm³/mol. The van der Waals surface area contributed by atoms with E-state index >= 15 is 0 Å². The van der Waals surface area contributed by atoms with Crippen molar-refractivity contribution in [2.24, 2.45) is 0 Å². The Bertz CT molecular complexity index is 314. The van der Waals surface area contributed by atoms with Gasteiger partial charge in [-0.1, -0.05) is 46.3 Å². The maximum atomic E-state index is 5.86. The van der Waals surface area contributed by atoms with Gasteiger partial charge in [-0.2, -0.15) is 0 Å². The van der Waals surface area contributed by atoms with Crippen LogP contribution in [0.1, 0.15) is 25.5 Å². The Morgan fingerprint density at radius 1 is 1.12 bits per heavy atom. The number of rotatable bonds is 7. The molecule has 0 saturated carbocycles. The molecule has 0 heterocycles. The lowest BCUT2D eigenvalue weighted by molar-refractivity contribution is -0.00503. The van der Waals surface area contributed by atoms with Crippen LogP contribution in [0.2, 0.25) is 5.02 Å². The summed E-state index contributed by atoms with van der Waals surface area (Å²) >= 11 is 8.19. The van der Waals surface area contributed by atoms with Crippen LogP contribution in [0.3, 0.4) is 0 Å². The first-order valence-electron chi connectivity index (χ1n) is 5.68. The van der Waals surface area contributed by atoms with Gasteiger partial charge in [0.2, 0.25) is 0 Å². The topological polar surface area (TPSA) is 18.5 Å². The number of hydrogen-bond acceptors (Lipinski definition) is 2. The van der Waals surface area contributed by atoms with Gasteiger partial charge in [-0.05, 0) is 31.5 Å². The summed E-state index contributed by atoms with van der Waals surface area (Å²) in [5, 5.41) is 0.754. The fourth-order valence-electron chi connectivity index (χ4n) is 1.38. The molecular weight excluding hydrogens is 350 g/mol. The van der Waals surface area contributed by atoms with Crippen molar-refractivity contribution in [2.45, 2.75) is 26.1 Å². The lowest BCUT2D eigenvalue weighted by Gasteiger charge is -2.16. The molecule has 0 bridgehead atoms. The second-order valence-corrected chi connectivity index (χ2v) is 5.30. The SMILES string of the molecule is CC(C)OCCOC(CI)c1ccc(Cl)cc1. The molecule has 1 aromatic carbocycles. The van der Waals surface area contributed by atoms with E-state index in [-0.39, 0.29) is 12.2 Å². The zero-order chi connectivity index (χ0) is 12.7. The molecule has 0 fully saturated rings. The number of halogens is 2. The normalized spacial score (nSPS) is 13.0. The van der Waals surface area contributed by atoms with Crippen molar-refractivity contribution < 1.29 is 9.47 Å². The van der Waals surface area contributed by atoms with Crippen LogP contribution in [-0.4, -0.2) is 23.7 Å². The Morgan fingerprint density at radius 2 is 1.71 bits per heavy atom. The Morgan fingerprint density at radius 3 is 2.24 bits per heavy atom. The van der Waals surface area contributed by atoms with Crippen LogP contribution >= 0.6 is 34.2 Å². The van der Waals surface area contributed by atoms with Gasteiger partial charge in [0.1, 0.15) is 0 Å². The third-order valence-corrected chi connectivity index (χ3v) is 3.29. The van der Waals surface area contributed by atoms with Crippen LogP contribution in [0.15, 0.2) is 24.3 Å². The van der Waals surface area contributed by atoms with Gasteiger partial charge in [0.05, 0.1) is 25.4 Å². The molecule has 1 atom stereocenters. The van der Waals surface area contributed by atoms with Crippen molar-refractivity contribution in [3.8, 4) is 0 Å². The van der Waals surface area contributed by atoms with E-state index in [4.69, 9.17) is 21.1 Å². The molecule has 17 heavy (non-hydrogen) atoms. The maximum absolute atomic E-state index is 5.86. The third-order valence-electron chi connectivity index (χ3n) is 2.24. The van der Waals surface area contributed by atoms with Crippen LogP contribution in [-0.2, 0) is 9.47 Å². The highest BCUT2D eigenvalue weighted by atomic mass is 127. The number of hydrogen-bond donors (Lipinski definition) is 0. The molecule has 1 rings (SSSR count). The van der Waals surface area contributed by atoms with Crippen molar-refractivity contribution >= 4 is 34.2 Å². The largest absolute Gasteiger partial charge is 0.376 e. The highest BCUT2D eigenvalue weighted by Gasteiger charge is 2.10. The third kappa shape index (κ3) is 6.04. The summed E-state index contributed by atoms with van der Waals surface area (Å²) in [4.78, 5) is 0. The van der Waals surface area contributed by atoms with Crippen LogP contribution < -0.4 is 0 Å². The summed E-state index contributed by atoms with van der Waals surface area (Å²) in [6.07, 6.45) is 0.371. The van der Waals surface area contributed by atoms with Crippen LogP contribution in [0.25, 0.3) is 0 Å². The summed E-state index contributed by atoms with van der Waals surface area (Å²) in [5.74, 6) is 0. The summed E-state index contributed by atoms with van der Waals surface area (Å²) in [5.41, 5.74) is 1.16. The summed E-state index contributed by atoms with van der Waals surface area (Å²) in [6.45, 7) is 5.30. The minimum absolute atomic E-state index is 0.114. The minimum atomic E-state index is 0.114. The lowest BCUT2D eigenvalue weighted by atomic mass is 10.1. The summed E-state index contributed by atoms with van der Waals surface area (Å²) in [7, 11) is 0. The van der Waals surface area contributed by atoms with E-state index in [0.717, 1.165) is 15.0 Å². The monoisotopic (exact) mass is 368 g/mol. The zero-order valence-electron chi connectivity index (χ0n) is 10.2. The second-order valence-electron chi connectivity index (χ2n) is 3.98. The highest BCUT2D eigenvalue weighted by Crippen LogP contribution is 2.21. The van der Waals surface area contributed by atoms with Crippen molar-refractivity contribution in [3.63, 3.8) is 0 Å². The van der Waals surface area contributed by atoms with E-state index in [2.05, 4.69) is 22.6 Å². The van der Waals surface area contributed by atoms with Gasteiger partial charge in [0.25, 0.3) is 0 Å². The van der Waals surface area contributed by atoms with Crippen molar-refractivity contribution in [1.82, 2.24) is 0 Å². The molecule has 0 aliphatic rings. The van der Waals surface area contributed by atoms with Crippen molar-refractivity contribution in [1.29, 1.82) is 0 Å². The molecule has 0 amide bonds. The highest BCUT2D eigenvalue weighted by molar-refractivity contribution is 14.1. The number of alkyl halides is 1. The molecule has 1 aromatic rings. The van der Waals surface area contributed by atoms with Gasteiger partial charge < -0.3 is 9.47 Å². The molecule has 0 aromatic heterocycles. The number of ether oxygens (including phenoxy) is 2. The van der Waals surface area contributed by atoms with Gasteiger partial charge in [-0.25, -0.2) is 0 Å². The van der Waals surface area contributed by atoms with E-state index in [1.807, 2.05) is 38.1 Å². The molecule has 0 saturated heterocycles. The average Bonchev–Trinajstić information content (AvgIpc) is 2.30. The van der Waals surface area contributed by atoms with E-state index in [0.29, 0.717) is 13.2 Å². The Balaban J connectivity index is 2.40. The molecule has 4 heteroatoms. The van der Waals surface area contributed by atoms with Gasteiger partial charge >= 0.3 is 0 Å². The molecule has 96 valence electrons. The molecule has 0 aliphatic carbocycles. The molecule has 0 spiro atoms. The molecule has 0 radical (unpaired) electrons. The Kier molecular flexibility index (Phi) is 7.43. The Labute approximate surface area is 122 Å². The van der Waals surface area contributed by atoms with Gasteiger partial charge in [0.15, 0.2) is 0 Å². The van der Waals surface area contributed by atoms with E-state index in [1.54, 1.807) is 0 Å². The van der Waals surface area contributed by atoms with Crippen LogP contribution in [0, 0.1) is 0 Å². The van der Waals surface area contributed by atoms with Crippen LogP contribution in [0.4, 0.5) is 0 Å². The maximum Gasteiger partial charge on any atom is 0.0915 e. The van der Waals surface area contributed by atoms with Crippen molar-refractivity contribution in [3.05, 3.63) is 34.9 Å². The molecular formula is C13H18ClIO2. The van der Waals surface area contributed by atoms with E-state index < -0.39 is 0 Å². The van der Waals surface area contributed by atoms with E-state index in [9.17, 15) is 0 Å². The zero-order valence-corrected chi connectivity index (χ0v) is 13.1. The van der Waals surface area contributed by atoms with Crippen LogP contribution in [0.5, 0.6) is 0 Å². The summed E-state index contributed by atoms with van der Waals surface area (Å²) < 4.78 is 12.2. The molecule has 1 unspecified atom stereocenters. The van der Waals surface area contributed by atoms with E-state index in [1.165, 1.54) is 0 Å². The smallest absolute Gasteiger partial charge is 0.0915 e. The standard InChI is InChI=1S/C13H18ClIO2/c1-10(2)16-7-8-17-13(9-15)11-3-5-12(14)6-4-11/h3-6,10,13H,7-9H2,1-2H3. The first kappa shape index (κ1) is 15.2. The summed E-state index contributed by atoms with van der Waals surface area (Å²) in [6, 6.07) is 7.80. The fraction of sp³-hybridized carbons (Fsp3) is 0.538. The Hall–Kier alpha value is 0.160. The van der Waals surface area contributed by atoms with Gasteiger partial charge in [-0.3, -0.25) is 0 Å². The first-order chi connectivity index (χ1) is 8.13. The van der Waals surface area contributed by atoms with Gasteiger partial charge in [-0.15, -0.1) is 0 Å². The first-order valence-corrected chi connectivity index (χ1v) is 7.58. The second kappa shape index (κ2) is 8.29. The van der Waals surface area contributed by atoms with Gasteiger partial charge in [0, 0.05) is 9.45 Å². The predicted octanol–water partition coefficient (Wildman–Crippen LogP) is 4.26. The molecule has 0 aliphatic heterocycles.